The van der Waals surface area contributed by atoms with Crippen molar-refractivity contribution in [2.24, 2.45) is 0 Å². The number of halogens is 3. The van der Waals surface area contributed by atoms with Crippen molar-refractivity contribution in [2.45, 2.75) is 13.0 Å². The fourth-order valence-corrected chi connectivity index (χ4v) is 3.84. The molecule has 106 valence electrons. The molecule has 0 aliphatic carbocycles. The van der Waals surface area contributed by atoms with Gasteiger partial charge >= 0.3 is 0 Å². The van der Waals surface area contributed by atoms with Crippen LogP contribution in [0.4, 0.5) is 5.69 Å². The topological polar surface area (TPSA) is 30.5 Å². The molecular weight excluding hydrogens is 341 g/mol. The first kappa shape index (κ1) is 14.1. The summed E-state index contributed by atoms with van der Waals surface area (Å²) in [6.45, 7) is 2.21. The monoisotopic (exact) mass is 349 g/mol. The van der Waals surface area contributed by atoms with Gasteiger partial charge in [-0.2, -0.15) is 0 Å². The van der Waals surface area contributed by atoms with Gasteiger partial charge in [0.25, 0.3) is 0 Å². The van der Waals surface area contributed by atoms with E-state index in [0.29, 0.717) is 25.2 Å². The molecule has 0 spiro atoms. The summed E-state index contributed by atoms with van der Waals surface area (Å²) in [4.78, 5) is 0. The fourth-order valence-electron chi connectivity index (χ4n) is 1.99. The smallest absolute Gasteiger partial charge is 0.231 e. The molecule has 0 saturated heterocycles. The molecule has 0 fully saturated rings. The van der Waals surface area contributed by atoms with Crippen molar-refractivity contribution in [3.8, 4) is 11.5 Å². The van der Waals surface area contributed by atoms with Crippen LogP contribution in [-0.2, 0) is 0 Å². The van der Waals surface area contributed by atoms with Gasteiger partial charge in [0.1, 0.15) is 0 Å². The first-order valence-corrected chi connectivity index (χ1v) is 7.80. The highest BCUT2D eigenvalue weighted by Gasteiger charge is 2.19. The summed E-state index contributed by atoms with van der Waals surface area (Å²) in [5, 5.41) is 3.87. The van der Waals surface area contributed by atoms with E-state index in [1.165, 1.54) is 11.3 Å². The molecule has 2 heterocycles. The van der Waals surface area contributed by atoms with Gasteiger partial charge in [-0.05, 0) is 13.0 Å². The van der Waals surface area contributed by atoms with E-state index in [-0.39, 0.29) is 12.8 Å². The van der Waals surface area contributed by atoms with Crippen LogP contribution in [0.1, 0.15) is 18.5 Å². The molecule has 1 aromatic heterocycles. The number of benzene rings is 1. The van der Waals surface area contributed by atoms with E-state index in [1.807, 2.05) is 19.1 Å². The van der Waals surface area contributed by atoms with E-state index < -0.39 is 0 Å². The third-order valence-electron chi connectivity index (χ3n) is 2.98. The Labute approximate surface area is 135 Å². The zero-order chi connectivity index (χ0) is 14.3. The third-order valence-corrected chi connectivity index (χ3v) is 4.81. The Bertz CT molecular complexity index is 659. The molecule has 3 nitrogen and oxygen atoms in total. The molecule has 2 aromatic rings. The van der Waals surface area contributed by atoms with Crippen LogP contribution < -0.4 is 14.8 Å². The summed E-state index contributed by atoms with van der Waals surface area (Å²) in [6.07, 6.45) is 0. The summed E-state index contributed by atoms with van der Waals surface area (Å²) < 4.78 is 12.0. The summed E-state index contributed by atoms with van der Waals surface area (Å²) in [5.74, 6) is 1.34. The normalized spacial score (nSPS) is 14.4. The number of thiophene rings is 1. The number of rotatable bonds is 3. The van der Waals surface area contributed by atoms with E-state index in [1.54, 1.807) is 6.07 Å². The SMILES string of the molecule is CC(Nc1cc2c(cc1Cl)OCO2)c1cc(Cl)sc1Cl. The number of anilines is 1. The predicted molar refractivity (Wildman–Crippen MR) is 84.0 cm³/mol. The Morgan fingerprint density at radius 2 is 1.85 bits per heavy atom. The molecule has 1 N–H and O–H groups in total. The van der Waals surface area contributed by atoms with E-state index in [9.17, 15) is 0 Å². The lowest BCUT2D eigenvalue weighted by Gasteiger charge is -2.16. The molecule has 1 aliphatic rings. The number of fused-ring (bicyclic) bond motifs is 1. The molecule has 3 rings (SSSR count). The van der Waals surface area contributed by atoms with Gasteiger partial charge in [-0.15, -0.1) is 11.3 Å². The van der Waals surface area contributed by atoms with Gasteiger partial charge < -0.3 is 14.8 Å². The third kappa shape index (κ3) is 2.66. The molecule has 0 bridgehead atoms. The Hall–Kier alpha value is -0.810. The lowest BCUT2D eigenvalue weighted by molar-refractivity contribution is 0.174. The average Bonchev–Trinajstić information content (AvgIpc) is 2.95. The van der Waals surface area contributed by atoms with Gasteiger partial charge in [-0.1, -0.05) is 34.8 Å². The van der Waals surface area contributed by atoms with E-state index in [2.05, 4.69) is 5.32 Å². The Morgan fingerprint density at radius 3 is 2.50 bits per heavy atom. The van der Waals surface area contributed by atoms with Crippen LogP contribution >= 0.6 is 46.1 Å². The summed E-state index contributed by atoms with van der Waals surface area (Å²) in [6, 6.07) is 5.39. The summed E-state index contributed by atoms with van der Waals surface area (Å²) in [5.41, 5.74) is 1.71. The fraction of sp³-hybridized carbons (Fsp3) is 0.231. The molecule has 20 heavy (non-hydrogen) atoms. The number of hydrogen-bond acceptors (Lipinski definition) is 4. The summed E-state index contributed by atoms with van der Waals surface area (Å²) >= 11 is 19.7. The maximum atomic E-state index is 6.23. The minimum Gasteiger partial charge on any atom is -0.454 e. The predicted octanol–water partition coefficient (Wildman–Crippen LogP) is 5.61. The van der Waals surface area contributed by atoms with Gasteiger partial charge in [0.2, 0.25) is 6.79 Å². The highest BCUT2D eigenvalue weighted by molar-refractivity contribution is 7.20. The van der Waals surface area contributed by atoms with Crippen LogP contribution in [0.5, 0.6) is 11.5 Å². The van der Waals surface area contributed by atoms with Gasteiger partial charge in [0.15, 0.2) is 11.5 Å². The van der Waals surface area contributed by atoms with Crippen molar-refractivity contribution >= 4 is 51.8 Å². The van der Waals surface area contributed by atoms with Crippen LogP contribution in [-0.4, -0.2) is 6.79 Å². The zero-order valence-electron chi connectivity index (χ0n) is 10.4. The lowest BCUT2D eigenvalue weighted by atomic mass is 10.1. The van der Waals surface area contributed by atoms with Gasteiger partial charge in [0, 0.05) is 17.7 Å². The number of hydrogen-bond donors (Lipinski definition) is 1. The molecule has 1 aromatic carbocycles. The van der Waals surface area contributed by atoms with E-state index in [4.69, 9.17) is 44.3 Å². The van der Waals surface area contributed by atoms with Gasteiger partial charge in [-0.3, -0.25) is 0 Å². The molecule has 1 aliphatic heterocycles. The Kier molecular flexibility index (Phi) is 3.91. The molecule has 0 saturated carbocycles. The molecular formula is C13H10Cl3NO2S. The minimum absolute atomic E-state index is 0.0240. The summed E-state index contributed by atoms with van der Waals surface area (Å²) in [7, 11) is 0. The second-order valence-electron chi connectivity index (χ2n) is 4.33. The standard InChI is InChI=1S/C13H10Cl3NO2S/c1-6(7-2-12(15)20-13(7)16)17-9-4-11-10(3-8(9)14)18-5-19-11/h2-4,6,17H,5H2,1H3. The lowest BCUT2D eigenvalue weighted by Crippen LogP contribution is -2.06. The van der Waals surface area contributed by atoms with Crippen LogP contribution in [0.25, 0.3) is 0 Å². The van der Waals surface area contributed by atoms with Crippen LogP contribution in [0, 0.1) is 0 Å². The van der Waals surface area contributed by atoms with E-state index >= 15 is 0 Å². The second-order valence-corrected chi connectivity index (χ2v) is 7.02. The second kappa shape index (κ2) is 5.53. The van der Waals surface area contributed by atoms with Crippen molar-refractivity contribution in [1.29, 1.82) is 0 Å². The first-order valence-electron chi connectivity index (χ1n) is 5.85. The minimum atomic E-state index is -0.0240. The zero-order valence-corrected chi connectivity index (χ0v) is 13.5. The molecule has 0 amide bonds. The van der Waals surface area contributed by atoms with Gasteiger partial charge in [-0.25, -0.2) is 0 Å². The average molecular weight is 351 g/mol. The Morgan fingerprint density at radius 1 is 1.15 bits per heavy atom. The highest BCUT2D eigenvalue weighted by Crippen LogP contribution is 2.41. The van der Waals surface area contributed by atoms with E-state index in [0.717, 1.165) is 11.3 Å². The van der Waals surface area contributed by atoms with Crippen LogP contribution in [0.3, 0.4) is 0 Å². The molecule has 7 heteroatoms. The molecule has 1 atom stereocenters. The van der Waals surface area contributed by atoms with Crippen molar-refractivity contribution in [2.75, 3.05) is 12.1 Å². The first-order chi connectivity index (χ1) is 9.54. The largest absolute Gasteiger partial charge is 0.454 e. The number of ether oxygens (including phenoxy) is 2. The molecule has 0 radical (unpaired) electrons. The molecule has 1 unspecified atom stereocenters. The highest BCUT2D eigenvalue weighted by atomic mass is 35.5. The van der Waals surface area contributed by atoms with Crippen molar-refractivity contribution in [3.05, 3.63) is 37.5 Å². The maximum absolute atomic E-state index is 6.23. The number of nitrogens with one attached hydrogen (secondary N) is 1. The van der Waals surface area contributed by atoms with Crippen LogP contribution in [0.2, 0.25) is 13.7 Å². The quantitative estimate of drug-likeness (QED) is 0.780. The van der Waals surface area contributed by atoms with Crippen molar-refractivity contribution < 1.29 is 9.47 Å². The van der Waals surface area contributed by atoms with Gasteiger partial charge in [0.05, 0.1) is 25.4 Å². The Balaban J connectivity index is 1.86. The van der Waals surface area contributed by atoms with Crippen LogP contribution in [0.15, 0.2) is 18.2 Å². The van der Waals surface area contributed by atoms with Crippen molar-refractivity contribution in [3.63, 3.8) is 0 Å². The van der Waals surface area contributed by atoms with Crippen molar-refractivity contribution in [1.82, 2.24) is 0 Å². The maximum Gasteiger partial charge on any atom is 0.231 e.